The summed E-state index contributed by atoms with van der Waals surface area (Å²) in [6, 6.07) is 10.5. The van der Waals surface area contributed by atoms with Gasteiger partial charge in [0.15, 0.2) is 6.10 Å². The van der Waals surface area contributed by atoms with E-state index in [9.17, 15) is 18.3 Å². The van der Waals surface area contributed by atoms with Crippen LogP contribution in [0.5, 0.6) is 0 Å². The lowest BCUT2D eigenvalue weighted by atomic mass is 10.1. The number of nitrogens with zero attached hydrogens (tertiary/aromatic N) is 1. The summed E-state index contributed by atoms with van der Waals surface area (Å²) in [4.78, 5) is 11.7. The van der Waals surface area contributed by atoms with Crippen LogP contribution < -0.4 is 5.43 Å². The lowest BCUT2D eigenvalue weighted by Crippen LogP contribution is -2.25. The van der Waals surface area contributed by atoms with Crippen LogP contribution in [0.3, 0.4) is 0 Å². The van der Waals surface area contributed by atoms with E-state index in [0.717, 1.165) is 12.3 Å². The van der Waals surface area contributed by atoms with Gasteiger partial charge in [0, 0.05) is 0 Å². The Hall–Kier alpha value is -2.49. The molecule has 1 heterocycles. The fraction of sp³-hybridized carbons (Fsp3) is 0.0769. The van der Waals surface area contributed by atoms with Gasteiger partial charge < -0.3 is 9.52 Å². The Morgan fingerprint density at radius 2 is 1.91 bits per heavy atom. The van der Waals surface area contributed by atoms with Crippen molar-refractivity contribution in [1.82, 2.24) is 5.43 Å². The third kappa shape index (κ3) is 4.01. The number of rotatable bonds is 5. The molecular weight excluding hydrogens is 312 g/mol. The number of amides is 1. The van der Waals surface area contributed by atoms with Crippen LogP contribution >= 0.6 is 0 Å². The highest BCUT2D eigenvalue weighted by Gasteiger charge is 2.16. The number of hydrazone groups is 1. The van der Waals surface area contributed by atoms with Gasteiger partial charge in [0.05, 0.1) is 6.21 Å². The second-order valence-corrected chi connectivity index (χ2v) is 5.53. The first-order valence-corrected chi connectivity index (χ1v) is 7.45. The molecule has 0 aliphatic heterocycles. The predicted molar refractivity (Wildman–Crippen MR) is 75.7 cm³/mol. The number of aliphatic hydroxyl groups is 1. The molecule has 22 heavy (non-hydrogen) atoms. The minimum absolute atomic E-state index is 0.00197. The van der Waals surface area contributed by atoms with Gasteiger partial charge in [-0.2, -0.15) is 13.5 Å². The van der Waals surface area contributed by atoms with E-state index in [-0.39, 0.29) is 5.76 Å². The Bertz CT molecular complexity index is 782. The fourth-order valence-corrected chi connectivity index (χ4v) is 1.99. The average molecular weight is 324 g/mol. The van der Waals surface area contributed by atoms with Crippen LogP contribution in [0.4, 0.5) is 0 Å². The van der Waals surface area contributed by atoms with Gasteiger partial charge in [0.1, 0.15) is 5.76 Å². The third-order valence-electron chi connectivity index (χ3n) is 2.59. The van der Waals surface area contributed by atoms with Gasteiger partial charge >= 0.3 is 10.1 Å². The Morgan fingerprint density at radius 3 is 2.50 bits per heavy atom. The molecule has 0 bridgehead atoms. The fourth-order valence-electron chi connectivity index (χ4n) is 1.55. The molecule has 0 fully saturated rings. The molecule has 0 unspecified atom stereocenters. The zero-order chi connectivity index (χ0) is 16.2. The first-order chi connectivity index (χ1) is 10.4. The number of aliphatic hydroxyl groups excluding tert-OH is 1. The predicted octanol–water partition coefficient (Wildman–Crippen LogP) is 0.710. The van der Waals surface area contributed by atoms with Gasteiger partial charge in [-0.15, -0.1) is 0 Å². The van der Waals surface area contributed by atoms with Crippen molar-refractivity contribution in [3.63, 3.8) is 0 Å². The molecule has 8 nitrogen and oxygen atoms in total. The molecule has 1 amide bonds. The summed E-state index contributed by atoms with van der Waals surface area (Å²) in [6.45, 7) is 0. The molecule has 3 N–H and O–H groups in total. The smallest absolute Gasteiger partial charge is 0.328 e. The molecule has 0 aliphatic carbocycles. The van der Waals surface area contributed by atoms with E-state index in [2.05, 4.69) is 10.5 Å². The summed E-state index contributed by atoms with van der Waals surface area (Å²) in [6.07, 6.45) is -0.354. The third-order valence-corrected chi connectivity index (χ3v) is 3.31. The second kappa shape index (κ2) is 6.52. The maximum absolute atomic E-state index is 11.7. The molecule has 0 aliphatic rings. The van der Waals surface area contributed by atoms with Crippen LogP contribution in [-0.4, -0.2) is 30.2 Å². The molecule has 1 atom stereocenters. The summed E-state index contributed by atoms with van der Waals surface area (Å²) in [5.41, 5.74) is 2.49. The summed E-state index contributed by atoms with van der Waals surface area (Å²) >= 11 is 0. The second-order valence-electron chi connectivity index (χ2n) is 4.18. The number of furan rings is 1. The number of hydrogen-bond acceptors (Lipinski definition) is 6. The standard InChI is InChI=1S/C13H12N2O6S/c16-12(9-4-2-1-3-5-9)13(17)15-14-8-10-6-7-11(21-10)22(18,19)20/h1-8,12,16H,(H,15,17)(H,18,19,20)/b14-8-/t12-/m0/s1. The van der Waals surface area contributed by atoms with Crippen molar-refractivity contribution >= 4 is 22.2 Å². The first-order valence-electron chi connectivity index (χ1n) is 6.01. The number of benzene rings is 1. The molecule has 2 rings (SSSR count). The van der Waals surface area contributed by atoms with Crippen molar-refractivity contribution in [2.24, 2.45) is 5.10 Å². The van der Waals surface area contributed by atoms with Crippen molar-refractivity contribution in [2.45, 2.75) is 11.2 Å². The van der Waals surface area contributed by atoms with Crippen LogP contribution in [0.25, 0.3) is 0 Å². The Balaban J connectivity index is 1.97. The summed E-state index contributed by atoms with van der Waals surface area (Å²) in [5.74, 6) is -0.758. The van der Waals surface area contributed by atoms with Crippen molar-refractivity contribution in [2.75, 3.05) is 0 Å². The zero-order valence-corrected chi connectivity index (χ0v) is 11.9. The normalized spacial score (nSPS) is 13.2. The van der Waals surface area contributed by atoms with E-state index >= 15 is 0 Å². The van der Waals surface area contributed by atoms with Gasteiger partial charge in [0.2, 0.25) is 5.09 Å². The molecule has 1 aromatic heterocycles. The number of carbonyl (C=O) groups is 1. The van der Waals surface area contributed by atoms with Crippen molar-refractivity contribution < 1.29 is 27.3 Å². The average Bonchev–Trinajstić information content (AvgIpc) is 2.96. The highest BCUT2D eigenvalue weighted by molar-refractivity contribution is 7.85. The van der Waals surface area contributed by atoms with Crippen LogP contribution in [0.15, 0.2) is 57.1 Å². The maximum atomic E-state index is 11.7. The Morgan fingerprint density at radius 1 is 1.23 bits per heavy atom. The largest absolute Gasteiger partial charge is 0.441 e. The van der Waals surface area contributed by atoms with Gasteiger partial charge in [-0.3, -0.25) is 9.35 Å². The summed E-state index contributed by atoms with van der Waals surface area (Å²) < 4.78 is 35.1. The minimum Gasteiger partial charge on any atom is -0.441 e. The summed E-state index contributed by atoms with van der Waals surface area (Å²) in [5, 5.41) is 12.7. The van der Waals surface area contributed by atoms with Crippen LogP contribution in [-0.2, 0) is 14.9 Å². The number of carbonyl (C=O) groups excluding carboxylic acids is 1. The van der Waals surface area contributed by atoms with E-state index in [1.165, 1.54) is 6.07 Å². The Labute approximate surface area is 125 Å². The molecule has 9 heteroatoms. The molecule has 0 saturated carbocycles. The quantitative estimate of drug-likeness (QED) is 0.422. The monoisotopic (exact) mass is 324 g/mol. The molecule has 1 aromatic carbocycles. The lowest BCUT2D eigenvalue weighted by Gasteiger charge is -2.08. The van der Waals surface area contributed by atoms with Crippen molar-refractivity contribution in [1.29, 1.82) is 0 Å². The topological polar surface area (TPSA) is 129 Å². The molecule has 2 aromatic rings. The highest BCUT2D eigenvalue weighted by Crippen LogP contribution is 2.13. The summed E-state index contributed by atoms with van der Waals surface area (Å²) in [7, 11) is -4.43. The van der Waals surface area contributed by atoms with Gasteiger partial charge in [-0.1, -0.05) is 30.3 Å². The van der Waals surface area contributed by atoms with E-state index < -0.39 is 27.2 Å². The molecular formula is C13H12N2O6S. The highest BCUT2D eigenvalue weighted by atomic mass is 32.2. The first kappa shape index (κ1) is 15.9. The van der Waals surface area contributed by atoms with Crippen molar-refractivity contribution in [3.05, 3.63) is 53.8 Å². The van der Waals surface area contributed by atoms with Gasteiger partial charge in [0.25, 0.3) is 5.91 Å². The van der Waals surface area contributed by atoms with E-state index in [0.29, 0.717) is 5.56 Å². The Kier molecular flexibility index (Phi) is 4.71. The maximum Gasteiger partial charge on any atom is 0.328 e. The van der Waals surface area contributed by atoms with Crippen LogP contribution in [0.2, 0.25) is 0 Å². The molecule has 0 saturated heterocycles. The van der Waals surface area contributed by atoms with E-state index in [4.69, 9.17) is 8.97 Å². The zero-order valence-electron chi connectivity index (χ0n) is 11.1. The van der Waals surface area contributed by atoms with Gasteiger partial charge in [-0.25, -0.2) is 5.43 Å². The SMILES string of the molecule is O=C(N/N=C\c1ccc(S(=O)(=O)O)o1)[C@@H](O)c1ccccc1. The number of hydrogen-bond donors (Lipinski definition) is 3. The van der Waals surface area contributed by atoms with Crippen molar-refractivity contribution in [3.8, 4) is 0 Å². The minimum atomic E-state index is -4.43. The van der Waals surface area contributed by atoms with Crippen LogP contribution in [0, 0.1) is 0 Å². The number of nitrogens with one attached hydrogen (secondary N) is 1. The lowest BCUT2D eigenvalue weighted by molar-refractivity contribution is -0.129. The van der Waals surface area contributed by atoms with E-state index in [1.54, 1.807) is 30.3 Å². The molecule has 0 radical (unpaired) electrons. The van der Waals surface area contributed by atoms with Gasteiger partial charge in [-0.05, 0) is 17.7 Å². The van der Waals surface area contributed by atoms with Crippen LogP contribution in [0.1, 0.15) is 17.4 Å². The van der Waals surface area contributed by atoms with E-state index in [1.807, 2.05) is 0 Å². The molecule has 116 valence electrons. The molecule has 0 spiro atoms.